The Morgan fingerprint density at radius 1 is 0.662 bits per heavy atom. The zero-order valence-corrected chi connectivity index (χ0v) is 43.1. The highest BCUT2D eigenvalue weighted by Gasteiger charge is 2.56. The Labute approximate surface area is 436 Å². The van der Waals surface area contributed by atoms with Gasteiger partial charge in [0.05, 0.1) is 30.9 Å². The summed E-state index contributed by atoms with van der Waals surface area (Å²) >= 11 is 2.74. The second-order valence-electron chi connectivity index (χ2n) is 18.4. The molecule has 0 amide bonds. The van der Waals surface area contributed by atoms with Crippen LogP contribution < -0.4 is 9.47 Å². The molecule has 0 atom stereocenters. The Bertz CT molecular complexity index is 3600. The monoisotopic (exact) mass is 1030 g/mol. The van der Waals surface area contributed by atoms with Gasteiger partial charge < -0.3 is 37.3 Å². The van der Waals surface area contributed by atoms with E-state index in [1.165, 1.54) is 58.0 Å². The second-order valence-corrected chi connectivity index (χ2v) is 20.6. The number of ether oxygens (including phenoxy) is 2. The number of hydrogen-bond acceptors (Lipinski definition) is 8. The number of fused-ring (bicyclic) bond motifs is 6. The molecular formula is C59H53BF2N4O6S2. The fourth-order valence-electron chi connectivity index (χ4n) is 10.3. The zero-order valence-electron chi connectivity index (χ0n) is 41.5. The number of nitrogens with zero attached hydrogens (tertiary/aromatic N) is 4. The minimum Gasteiger partial charge on any atom is -0.496 e. The summed E-state index contributed by atoms with van der Waals surface area (Å²) in [5.41, 5.74) is 5.97. The van der Waals surface area contributed by atoms with Crippen LogP contribution in [0.4, 0.5) is 8.63 Å². The third-order valence-electron chi connectivity index (χ3n) is 13.8. The molecule has 374 valence electrons. The van der Waals surface area contributed by atoms with Crippen LogP contribution in [-0.4, -0.2) is 58.0 Å². The fraction of sp³-hybridized carbons (Fsp3) is 0.237. The highest BCUT2D eigenvalue weighted by Crippen LogP contribution is 2.50. The number of rotatable bonds is 20. The smallest absolute Gasteiger partial charge is 0.496 e. The van der Waals surface area contributed by atoms with Gasteiger partial charge in [-0.1, -0.05) is 94.8 Å². The number of carbonyl (C=O) groups is 2. The van der Waals surface area contributed by atoms with E-state index in [9.17, 15) is 30.3 Å². The number of para-hydroxylation sites is 2. The average molecular weight is 1030 g/mol. The largest absolute Gasteiger partial charge is 0.737 e. The third-order valence-corrected chi connectivity index (χ3v) is 16.1. The molecule has 0 radical (unpaired) electrons. The van der Waals surface area contributed by atoms with Gasteiger partial charge in [0.1, 0.15) is 34.8 Å². The van der Waals surface area contributed by atoms with Crippen molar-refractivity contribution < 1.29 is 42.4 Å². The summed E-state index contributed by atoms with van der Waals surface area (Å²) in [6.07, 6.45) is 14.1. The Balaban J connectivity index is 1.29. The molecule has 4 aromatic carbocycles. The molecule has 0 saturated heterocycles. The molecule has 2 N–H and O–H groups in total. The maximum Gasteiger partial charge on any atom is 0.737 e. The lowest BCUT2D eigenvalue weighted by atomic mass is 9.88. The molecule has 3 aromatic heterocycles. The molecule has 74 heavy (non-hydrogen) atoms. The lowest BCUT2D eigenvalue weighted by Crippen LogP contribution is -2.50. The van der Waals surface area contributed by atoms with Gasteiger partial charge in [-0.15, -0.1) is 22.7 Å². The molecular weight excluding hydrogens is 974 g/mol. The highest BCUT2D eigenvalue weighted by atomic mass is 32.1. The summed E-state index contributed by atoms with van der Waals surface area (Å²) in [5, 5.41) is 39.9. The number of carboxylic acids is 2. The van der Waals surface area contributed by atoms with Crippen LogP contribution in [0.2, 0.25) is 0 Å². The van der Waals surface area contributed by atoms with E-state index in [0.29, 0.717) is 78.5 Å². The van der Waals surface area contributed by atoms with Crippen LogP contribution in [0, 0.1) is 22.7 Å². The molecule has 2 aliphatic rings. The van der Waals surface area contributed by atoms with Crippen molar-refractivity contribution >= 4 is 82.0 Å². The van der Waals surface area contributed by atoms with E-state index in [0.717, 1.165) is 83.4 Å². The number of methoxy groups -OCH3 is 2. The first-order valence-corrected chi connectivity index (χ1v) is 26.5. The third kappa shape index (κ3) is 9.50. The van der Waals surface area contributed by atoms with Crippen LogP contribution in [0.25, 0.3) is 66.8 Å². The summed E-state index contributed by atoms with van der Waals surface area (Å²) in [4.78, 5) is 26.8. The van der Waals surface area contributed by atoms with E-state index >= 15 is 8.63 Å². The topological polar surface area (TPSA) is 149 Å². The predicted molar refractivity (Wildman–Crippen MR) is 293 cm³/mol. The number of halogens is 2. The van der Waals surface area contributed by atoms with Crippen molar-refractivity contribution in [3.05, 3.63) is 151 Å². The van der Waals surface area contributed by atoms with Gasteiger partial charge in [0.15, 0.2) is 11.4 Å². The van der Waals surface area contributed by atoms with Crippen LogP contribution in [0.15, 0.2) is 108 Å². The molecule has 15 heteroatoms. The highest BCUT2D eigenvalue weighted by molar-refractivity contribution is 7.17. The van der Waals surface area contributed by atoms with Gasteiger partial charge in [-0.3, -0.25) is 0 Å². The SMILES string of the molecule is CCCCCCc1cc(/C=C(/C#N)C(=O)O)sc1-c1ccc2c(c1)C(c1ccccc1OC)=[N+]1C2=Cc2c3ccc(-c4sc(/C=C(\C#N)C(=O)O)cc4CCCCCC)cc3c(-c3ccccc3OC)n2[B-]1(F)F. The van der Waals surface area contributed by atoms with Crippen molar-refractivity contribution in [2.24, 2.45) is 0 Å². The molecule has 0 saturated carbocycles. The first-order chi connectivity index (χ1) is 35.9. The standard InChI is InChI=1S/C59H53BF2N4O6S2/c1-5-7-9-11-17-36-27-42(29-40(34-63)58(67)68)73-56(36)38-23-25-44-48(31-38)54(46-19-13-15-21-52(46)71-3)65-50(44)33-51-45-26-24-39(32-49(45)55(66(51)60(65,61)62)47-20-14-16-22-53(47)72-4)57-37(18-12-10-8-6-2)28-43(74-57)30-41(35-64)59(69)70/h13-16,19-33H,5-12,17-18H2,1-4H3,(H,67,68)(H,69,70)/b40-29-,41-30+. The quantitative estimate of drug-likeness (QED) is 0.0332. The van der Waals surface area contributed by atoms with E-state index < -0.39 is 18.9 Å². The maximum absolute atomic E-state index is 19.0. The fourth-order valence-corrected chi connectivity index (χ4v) is 12.6. The van der Waals surface area contributed by atoms with Gasteiger partial charge in [-0.05, 0) is 115 Å². The summed E-state index contributed by atoms with van der Waals surface area (Å²) < 4.78 is 52.1. The molecule has 2 aliphatic heterocycles. The van der Waals surface area contributed by atoms with Crippen molar-refractivity contribution in [2.75, 3.05) is 14.2 Å². The first kappa shape index (κ1) is 51.1. The predicted octanol–water partition coefficient (Wildman–Crippen LogP) is 14.6. The van der Waals surface area contributed by atoms with E-state index in [-0.39, 0.29) is 22.6 Å². The van der Waals surface area contributed by atoms with E-state index in [2.05, 4.69) is 13.8 Å². The number of carboxylic acid groups (broad SMARTS) is 2. The molecule has 10 nitrogen and oxygen atoms in total. The minimum atomic E-state index is -4.75. The Kier molecular flexibility index (Phi) is 15.0. The second kappa shape index (κ2) is 21.7. The molecule has 9 rings (SSSR count). The van der Waals surface area contributed by atoms with Crippen LogP contribution in [0.3, 0.4) is 0 Å². The number of aliphatic carboxylic acids is 2. The van der Waals surface area contributed by atoms with Crippen molar-refractivity contribution in [1.82, 2.24) is 4.48 Å². The van der Waals surface area contributed by atoms with Crippen molar-refractivity contribution in [3.63, 3.8) is 0 Å². The lowest BCUT2D eigenvalue weighted by Gasteiger charge is -2.31. The van der Waals surface area contributed by atoms with Crippen molar-refractivity contribution in [1.29, 1.82) is 10.5 Å². The lowest BCUT2D eigenvalue weighted by molar-refractivity contribution is -0.316. The maximum atomic E-state index is 19.0. The van der Waals surface area contributed by atoms with Gasteiger partial charge in [-0.2, -0.15) is 10.5 Å². The zero-order chi connectivity index (χ0) is 52.3. The summed E-state index contributed by atoms with van der Waals surface area (Å²) in [6, 6.07) is 33.3. The van der Waals surface area contributed by atoms with Crippen LogP contribution in [0.5, 0.6) is 11.5 Å². The van der Waals surface area contributed by atoms with Gasteiger partial charge in [0.25, 0.3) is 0 Å². The summed E-state index contributed by atoms with van der Waals surface area (Å²) in [6.45, 7) is -0.460. The van der Waals surface area contributed by atoms with Gasteiger partial charge in [0, 0.05) is 53.3 Å². The molecule has 0 bridgehead atoms. The first-order valence-electron chi connectivity index (χ1n) is 24.8. The molecule has 0 spiro atoms. The van der Waals surface area contributed by atoms with Gasteiger partial charge >= 0.3 is 18.9 Å². The number of benzene rings is 4. The van der Waals surface area contributed by atoms with Crippen LogP contribution >= 0.6 is 22.7 Å². The number of unbranched alkanes of at least 4 members (excludes halogenated alkanes) is 6. The molecule has 0 unspecified atom stereocenters. The van der Waals surface area contributed by atoms with E-state index in [4.69, 9.17) is 9.47 Å². The molecule has 5 heterocycles. The Morgan fingerprint density at radius 3 is 1.73 bits per heavy atom. The number of hydrogen-bond donors (Lipinski definition) is 2. The van der Waals surface area contributed by atoms with Crippen molar-refractivity contribution in [2.45, 2.75) is 78.1 Å². The van der Waals surface area contributed by atoms with E-state index in [1.807, 2.05) is 54.6 Å². The normalized spacial score (nSPS) is 13.8. The summed E-state index contributed by atoms with van der Waals surface area (Å²) in [7, 11) is 3.04. The number of aryl methyl sites for hydroxylation is 2. The Morgan fingerprint density at radius 2 is 1.19 bits per heavy atom. The minimum absolute atomic E-state index is 0.259. The van der Waals surface area contributed by atoms with Gasteiger partial charge in [-0.25, -0.2) is 9.59 Å². The number of aromatic nitrogens is 1. The molecule has 0 aliphatic carbocycles. The number of nitriles is 2. The molecule has 0 fully saturated rings. The van der Waals surface area contributed by atoms with Crippen LogP contribution in [-0.2, 0) is 22.4 Å². The Hall–Kier alpha value is -7.85. The van der Waals surface area contributed by atoms with Gasteiger partial charge in [0.2, 0.25) is 0 Å². The average Bonchev–Trinajstić information content (AvgIpc) is 4.18. The molecule has 7 aromatic rings. The van der Waals surface area contributed by atoms with Crippen molar-refractivity contribution in [3.8, 4) is 55.8 Å². The summed E-state index contributed by atoms with van der Waals surface area (Å²) in [5.74, 6) is -1.82. The number of thiophene rings is 2. The van der Waals surface area contributed by atoms with Crippen LogP contribution in [0.1, 0.15) is 108 Å². The van der Waals surface area contributed by atoms with E-state index in [1.54, 1.807) is 60.7 Å².